The summed E-state index contributed by atoms with van der Waals surface area (Å²) in [5.74, 6) is 0.592. The number of rotatable bonds is 7. The van der Waals surface area contributed by atoms with Crippen LogP contribution in [-0.2, 0) is 10.0 Å². The molecule has 0 aliphatic heterocycles. The predicted octanol–water partition coefficient (Wildman–Crippen LogP) is 0.943. The van der Waals surface area contributed by atoms with E-state index in [0.717, 1.165) is 5.56 Å². The minimum atomic E-state index is -3.46. The molecule has 7 nitrogen and oxygen atoms in total. The number of hydrogen-bond donors (Lipinski definition) is 2. The van der Waals surface area contributed by atoms with Crippen LogP contribution in [0, 0.1) is 6.92 Å². The number of amides is 2. The van der Waals surface area contributed by atoms with Gasteiger partial charge in [0.15, 0.2) is 0 Å². The average molecular weight is 329 g/mol. The van der Waals surface area contributed by atoms with Gasteiger partial charge in [0.25, 0.3) is 0 Å². The van der Waals surface area contributed by atoms with E-state index in [2.05, 4.69) is 10.0 Å². The lowest BCUT2D eigenvalue weighted by Crippen LogP contribution is -2.36. The first-order valence-corrected chi connectivity index (χ1v) is 8.44. The number of carbonyl (C=O) groups excluding carboxylic acids is 1. The molecular formula is C14H23N3O4S. The van der Waals surface area contributed by atoms with Crippen molar-refractivity contribution in [2.75, 3.05) is 33.8 Å². The summed E-state index contributed by atoms with van der Waals surface area (Å²) in [4.78, 5) is 13.0. The highest BCUT2D eigenvalue weighted by molar-refractivity contribution is 7.89. The molecule has 0 aliphatic carbocycles. The lowest BCUT2D eigenvalue weighted by atomic mass is 10.2. The van der Waals surface area contributed by atoms with Crippen LogP contribution >= 0.6 is 0 Å². The van der Waals surface area contributed by atoms with Crippen LogP contribution in [0.1, 0.15) is 12.5 Å². The fraction of sp³-hybridized carbons (Fsp3) is 0.500. The maximum atomic E-state index is 11.9. The van der Waals surface area contributed by atoms with Crippen LogP contribution in [0.15, 0.2) is 23.1 Å². The number of urea groups is 1. The molecule has 0 bridgehead atoms. The second-order valence-corrected chi connectivity index (χ2v) is 6.67. The highest BCUT2D eigenvalue weighted by atomic mass is 32.2. The average Bonchev–Trinajstić information content (AvgIpc) is 2.44. The molecule has 124 valence electrons. The van der Waals surface area contributed by atoms with E-state index in [-0.39, 0.29) is 10.9 Å². The summed E-state index contributed by atoms with van der Waals surface area (Å²) in [6.45, 7) is 4.52. The zero-order chi connectivity index (χ0) is 16.8. The van der Waals surface area contributed by atoms with Gasteiger partial charge in [-0.3, -0.25) is 0 Å². The van der Waals surface area contributed by atoms with Crippen molar-refractivity contribution >= 4 is 16.1 Å². The van der Waals surface area contributed by atoms with Gasteiger partial charge in [-0.2, -0.15) is 0 Å². The Morgan fingerprint density at radius 3 is 2.55 bits per heavy atom. The van der Waals surface area contributed by atoms with Crippen molar-refractivity contribution in [3.05, 3.63) is 23.8 Å². The van der Waals surface area contributed by atoms with Crippen molar-refractivity contribution < 1.29 is 17.9 Å². The van der Waals surface area contributed by atoms with Crippen LogP contribution in [0.5, 0.6) is 5.75 Å². The number of hydrogen-bond acceptors (Lipinski definition) is 4. The van der Waals surface area contributed by atoms with Crippen molar-refractivity contribution in [1.29, 1.82) is 0 Å². The molecule has 0 atom stereocenters. The normalized spacial score (nSPS) is 11.1. The van der Waals surface area contributed by atoms with Gasteiger partial charge in [0.1, 0.15) is 12.4 Å². The van der Waals surface area contributed by atoms with Gasteiger partial charge in [-0.25, -0.2) is 17.9 Å². The Hall–Kier alpha value is -1.80. The van der Waals surface area contributed by atoms with E-state index in [9.17, 15) is 13.2 Å². The van der Waals surface area contributed by atoms with E-state index in [1.165, 1.54) is 11.0 Å². The molecule has 0 heterocycles. The third kappa shape index (κ3) is 5.19. The Morgan fingerprint density at radius 2 is 2.00 bits per heavy atom. The maximum absolute atomic E-state index is 11.9. The Morgan fingerprint density at radius 1 is 1.32 bits per heavy atom. The van der Waals surface area contributed by atoms with E-state index >= 15 is 0 Å². The molecule has 0 spiro atoms. The lowest BCUT2D eigenvalue weighted by molar-refractivity contribution is 0.213. The quantitative estimate of drug-likeness (QED) is 0.729. The summed E-state index contributed by atoms with van der Waals surface area (Å²) in [7, 11) is -0.150. The topological polar surface area (TPSA) is 87.7 Å². The van der Waals surface area contributed by atoms with E-state index in [4.69, 9.17) is 4.74 Å². The van der Waals surface area contributed by atoms with Crippen LogP contribution in [-0.4, -0.2) is 53.1 Å². The highest BCUT2D eigenvalue weighted by Gasteiger charge is 2.14. The van der Waals surface area contributed by atoms with Crippen molar-refractivity contribution in [2.45, 2.75) is 18.7 Å². The second kappa shape index (κ2) is 8.00. The van der Waals surface area contributed by atoms with E-state index in [1.807, 2.05) is 0 Å². The predicted molar refractivity (Wildman–Crippen MR) is 84.6 cm³/mol. The van der Waals surface area contributed by atoms with Crippen LogP contribution in [0.25, 0.3) is 0 Å². The summed E-state index contributed by atoms with van der Waals surface area (Å²) in [5, 5.41) is 2.68. The lowest BCUT2D eigenvalue weighted by Gasteiger charge is -2.14. The van der Waals surface area contributed by atoms with Gasteiger partial charge >= 0.3 is 6.03 Å². The van der Waals surface area contributed by atoms with E-state index in [1.54, 1.807) is 40.1 Å². The number of aryl methyl sites for hydroxylation is 1. The Kier molecular flexibility index (Phi) is 6.63. The molecule has 1 rings (SSSR count). The number of carbonyl (C=O) groups is 1. The first kappa shape index (κ1) is 18.2. The van der Waals surface area contributed by atoms with E-state index in [0.29, 0.717) is 25.4 Å². The number of benzene rings is 1. The van der Waals surface area contributed by atoms with Gasteiger partial charge in [0, 0.05) is 20.6 Å². The Labute approximate surface area is 131 Å². The third-order valence-corrected chi connectivity index (χ3v) is 4.38. The summed E-state index contributed by atoms with van der Waals surface area (Å²) in [6.07, 6.45) is 0. The molecule has 0 radical (unpaired) electrons. The number of ether oxygens (including phenoxy) is 1. The van der Waals surface area contributed by atoms with Gasteiger partial charge in [0.05, 0.1) is 11.4 Å². The molecule has 2 amide bonds. The van der Waals surface area contributed by atoms with Crippen LogP contribution in [0.2, 0.25) is 0 Å². The molecule has 1 aromatic carbocycles. The van der Waals surface area contributed by atoms with Crippen LogP contribution in [0.3, 0.4) is 0 Å². The first-order chi connectivity index (χ1) is 10.3. The molecule has 0 unspecified atom stereocenters. The fourth-order valence-corrected chi connectivity index (χ4v) is 2.83. The van der Waals surface area contributed by atoms with Crippen molar-refractivity contribution in [3.8, 4) is 5.75 Å². The first-order valence-electron chi connectivity index (χ1n) is 6.96. The van der Waals surface area contributed by atoms with Crippen LogP contribution in [0.4, 0.5) is 4.79 Å². The molecule has 0 aromatic heterocycles. The standard InChI is InChI=1S/C14H23N3O4S/c1-5-16-22(19,20)12-6-7-13(11(2)10-12)21-9-8-15-14(18)17(3)4/h6-7,10,16H,5,8-9H2,1-4H3,(H,15,18). The zero-order valence-electron chi connectivity index (χ0n) is 13.3. The number of nitrogens with one attached hydrogen (secondary N) is 2. The van der Waals surface area contributed by atoms with Gasteiger partial charge in [-0.15, -0.1) is 0 Å². The molecule has 2 N–H and O–H groups in total. The van der Waals surface area contributed by atoms with Crippen molar-refractivity contribution in [3.63, 3.8) is 0 Å². The molecule has 1 aromatic rings. The Balaban J connectivity index is 2.62. The summed E-state index contributed by atoms with van der Waals surface area (Å²) in [6, 6.07) is 4.49. The number of nitrogens with zero attached hydrogens (tertiary/aromatic N) is 1. The highest BCUT2D eigenvalue weighted by Crippen LogP contribution is 2.21. The second-order valence-electron chi connectivity index (χ2n) is 4.90. The van der Waals surface area contributed by atoms with Gasteiger partial charge in [0.2, 0.25) is 10.0 Å². The molecule has 0 saturated heterocycles. The Bertz CT molecular complexity index is 615. The SMILES string of the molecule is CCNS(=O)(=O)c1ccc(OCCNC(=O)N(C)C)c(C)c1. The summed E-state index contributed by atoms with van der Waals surface area (Å²) in [5.41, 5.74) is 0.720. The smallest absolute Gasteiger partial charge is 0.316 e. The maximum Gasteiger partial charge on any atom is 0.316 e. The molecule has 8 heteroatoms. The monoisotopic (exact) mass is 329 g/mol. The minimum Gasteiger partial charge on any atom is -0.491 e. The van der Waals surface area contributed by atoms with Crippen molar-refractivity contribution in [1.82, 2.24) is 14.9 Å². The van der Waals surface area contributed by atoms with Crippen molar-refractivity contribution in [2.24, 2.45) is 0 Å². The summed E-state index contributed by atoms with van der Waals surface area (Å²) < 4.78 is 31.8. The molecule has 0 fully saturated rings. The molecule has 22 heavy (non-hydrogen) atoms. The van der Waals surface area contributed by atoms with Gasteiger partial charge in [-0.1, -0.05) is 6.92 Å². The molecular weight excluding hydrogens is 306 g/mol. The van der Waals surface area contributed by atoms with E-state index < -0.39 is 10.0 Å². The largest absolute Gasteiger partial charge is 0.491 e. The van der Waals surface area contributed by atoms with Crippen LogP contribution < -0.4 is 14.8 Å². The summed E-state index contributed by atoms with van der Waals surface area (Å²) >= 11 is 0. The zero-order valence-corrected chi connectivity index (χ0v) is 14.2. The van der Waals surface area contributed by atoms with Gasteiger partial charge in [-0.05, 0) is 30.7 Å². The van der Waals surface area contributed by atoms with Gasteiger partial charge < -0.3 is 15.0 Å². The molecule has 0 saturated carbocycles. The molecule has 0 aliphatic rings. The third-order valence-electron chi connectivity index (χ3n) is 2.83. The fourth-order valence-electron chi connectivity index (χ4n) is 1.70. The number of sulfonamides is 1. The minimum absolute atomic E-state index is 0.188.